The number of para-hydroxylation sites is 1. The number of hydrogen-bond acceptors (Lipinski definition) is 5. The van der Waals surface area contributed by atoms with Gasteiger partial charge in [-0.3, -0.25) is 4.40 Å². The Kier molecular flexibility index (Phi) is 5.21. The predicted molar refractivity (Wildman–Crippen MR) is 111 cm³/mol. The molecule has 0 fully saturated rings. The van der Waals surface area contributed by atoms with Gasteiger partial charge >= 0.3 is 0 Å². The third-order valence-corrected chi connectivity index (χ3v) is 5.26. The molecule has 28 heavy (non-hydrogen) atoms. The minimum atomic E-state index is 0.0694. The number of nitrogens with zero attached hydrogens (tertiary/aromatic N) is 4. The Hall–Kier alpha value is -2.99. The van der Waals surface area contributed by atoms with E-state index in [4.69, 9.17) is 15.5 Å². The minimum Gasteiger partial charge on any atom is -0.488 e. The van der Waals surface area contributed by atoms with Gasteiger partial charge in [-0.2, -0.15) is 0 Å². The van der Waals surface area contributed by atoms with Crippen molar-refractivity contribution in [2.45, 2.75) is 32.8 Å². The molecule has 6 nitrogen and oxygen atoms in total. The van der Waals surface area contributed by atoms with Crippen molar-refractivity contribution in [1.82, 2.24) is 19.6 Å². The van der Waals surface area contributed by atoms with Crippen LogP contribution in [0.2, 0.25) is 0 Å². The molecule has 144 valence electrons. The summed E-state index contributed by atoms with van der Waals surface area (Å²) in [6, 6.07) is 15.9. The van der Waals surface area contributed by atoms with E-state index in [1.165, 1.54) is 0 Å². The van der Waals surface area contributed by atoms with Crippen LogP contribution in [0.5, 0.6) is 5.75 Å². The van der Waals surface area contributed by atoms with Crippen LogP contribution in [0.4, 0.5) is 0 Å². The first-order valence-corrected chi connectivity index (χ1v) is 9.81. The van der Waals surface area contributed by atoms with Crippen molar-refractivity contribution in [1.29, 1.82) is 0 Å². The normalized spacial score (nSPS) is 13.7. The Labute approximate surface area is 164 Å². The lowest BCUT2D eigenvalue weighted by atomic mass is 9.97. The van der Waals surface area contributed by atoms with Crippen molar-refractivity contribution in [3.63, 3.8) is 0 Å². The average Bonchev–Trinajstić information content (AvgIpc) is 3.18. The van der Waals surface area contributed by atoms with Crippen LogP contribution in [0.25, 0.3) is 28.1 Å². The van der Waals surface area contributed by atoms with Crippen LogP contribution < -0.4 is 10.5 Å². The van der Waals surface area contributed by atoms with E-state index >= 15 is 0 Å². The molecule has 0 spiro atoms. The molecule has 1 aromatic carbocycles. The lowest BCUT2D eigenvalue weighted by Crippen LogP contribution is -2.31. The Morgan fingerprint density at radius 3 is 2.68 bits per heavy atom. The van der Waals surface area contributed by atoms with Crippen LogP contribution in [0.3, 0.4) is 0 Å². The maximum atomic E-state index is 6.40. The van der Waals surface area contributed by atoms with Gasteiger partial charge in [0, 0.05) is 17.5 Å². The molecule has 6 heteroatoms. The van der Waals surface area contributed by atoms with Crippen LogP contribution >= 0.6 is 0 Å². The quantitative estimate of drug-likeness (QED) is 0.526. The van der Waals surface area contributed by atoms with Crippen LogP contribution in [0.1, 0.15) is 26.7 Å². The number of pyridine rings is 2. The largest absolute Gasteiger partial charge is 0.488 e. The van der Waals surface area contributed by atoms with Gasteiger partial charge in [-0.05, 0) is 43.7 Å². The highest BCUT2D eigenvalue weighted by atomic mass is 16.5. The summed E-state index contributed by atoms with van der Waals surface area (Å²) in [5, 5.41) is 9.59. The van der Waals surface area contributed by atoms with Crippen molar-refractivity contribution in [2.75, 3.05) is 6.54 Å². The van der Waals surface area contributed by atoms with Crippen LogP contribution in [0, 0.1) is 5.92 Å². The van der Waals surface area contributed by atoms with Crippen molar-refractivity contribution in [2.24, 2.45) is 11.7 Å². The summed E-state index contributed by atoms with van der Waals surface area (Å²) in [5.41, 5.74) is 8.35. The maximum Gasteiger partial charge on any atom is 0.187 e. The highest BCUT2D eigenvalue weighted by Gasteiger charge is 2.20. The van der Waals surface area contributed by atoms with E-state index in [0.717, 1.165) is 40.8 Å². The van der Waals surface area contributed by atoms with Gasteiger partial charge in [0.1, 0.15) is 23.1 Å². The fraction of sp³-hybridized carbons (Fsp3) is 0.318. The van der Waals surface area contributed by atoms with E-state index in [1.807, 2.05) is 53.1 Å². The van der Waals surface area contributed by atoms with Crippen LogP contribution in [0.15, 0.2) is 54.7 Å². The summed E-state index contributed by atoms with van der Waals surface area (Å²) >= 11 is 0. The highest BCUT2D eigenvalue weighted by molar-refractivity contribution is 5.86. The zero-order chi connectivity index (χ0) is 19.5. The van der Waals surface area contributed by atoms with Gasteiger partial charge in [-0.15, -0.1) is 10.2 Å². The molecule has 2 N–H and O–H groups in total. The maximum absolute atomic E-state index is 6.40. The van der Waals surface area contributed by atoms with Gasteiger partial charge in [0.25, 0.3) is 0 Å². The second-order valence-electron chi connectivity index (χ2n) is 6.95. The first-order valence-electron chi connectivity index (χ1n) is 9.81. The highest BCUT2D eigenvalue weighted by Crippen LogP contribution is 2.29. The molecule has 0 aliphatic heterocycles. The Bertz CT molecular complexity index is 1090. The molecule has 0 aliphatic carbocycles. The topological polar surface area (TPSA) is 78.3 Å². The number of rotatable bonds is 7. The lowest BCUT2D eigenvalue weighted by Gasteiger charge is -2.25. The molecule has 1 unspecified atom stereocenters. The number of benzene rings is 1. The second-order valence-corrected chi connectivity index (χ2v) is 6.95. The molecule has 4 rings (SSSR count). The molecule has 0 saturated heterocycles. The molecule has 0 amide bonds. The Balaban J connectivity index is 1.77. The van der Waals surface area contributed by atoms with Gasteiger partial charge in [0.15, 0.2) is 11.5 Å². The Morgan fingerprint density at radius 2 is 1.89 bits per heavy atom. The average molecular weight is 375 g/mol. The van der Waals surface area contributed by atoms with E-state index in [9.17, 15) is 0 Å². The van der Waals surface area contributed by atoms with Crippen molar-refractivity contribution >= 4 is 16.6 Å². The van der Waals surface area contributed by atoms with Crippen LogP contribution in [-0.4, -0.2) is 32.2 Å². The summed E-state index contributed by atoms with van der Waals surface area (Å²) < 4.78 is 8.33. The van der Waals surface area contributed by atoms with Crippen LogP contribution in [-0.2, 0) is 0 Å². The number of fused-ring (bicyclic) bond motifs is 2. The number of hydrogen-bond donors (Lipinski definition) is 1. The SMILES string of the molecule is CCC(Oc1cccc2ccc(-c3nnc4ccccn34)nc12)[C@@H](CC)CN. The molecule has 3 aromatic heterocycles. The van der Waals surface area contributed by atoms with E-state index in [1.54, 1.807) is 0 Å². The molecule has 2 atom stereocenters. The van der Waals surface area contributed by atoms with Gasteiger partial charge in [-0.25, -0.2) is 4.98 Å². The van der Waals surface area contributed by atoms with Gasteiger partial charge in [0.2, 0.25) is 0 Å². The summed E-state index contributed by atoms with van der Waals surface area (Å²) in [6.45, 7) is 4.90. The summed E-state index contributed by atoms with van der Waals surface area (Å²) in [4.78, 5) is 4.89. The fourth-order valence-electron chi connectivity index (χ4n) is 3.61. The Morgan fingerprint density at radius 1 is 1.00 bits per heavy atom. The summed E-state index contributed by atoms with van der Waals surface area (Å²) in [7, 11) is 0. The van der Waals surface area contributed by atoms with Crippen molar-refractivity contribution in [3.05, 3.63) is 54.7 Å². The van der Waals surface area contributed by atoms with E-state index in [-0.39, 0.29) is 6.10 Å². The van der Waals surface area contributed by atoms with E-state index in [2.05, 4.69) is 30.1 Å². The summed E-state index contributed by atoms with van der Waals surface area (Å²) in [6.07, 6.45) is 3.91. The molecular weight excluding hydrogens is 350 g/mol. The van der Waals surface area contributed by atoms with Gasteiger partial charge < -0.3 is 10.5 Å². The molecular formula is C22H25N5O. The monoisotopic (exact) mass is 375 g/mol. The van der Waals surface area contributed by atoms with E-state index in [0.29, 0.717) is 18.3 Å². The predicted octanol–water partition coefficient (Wildman–Crippen LogP) is 4.09. The van der Waals surface area contributed by atoms with Crippen molar-refractivity contribution in [3.8, 4) is 17.3 Å². The molecule has 0 radical (unpaired) electrons. The first kappa shape index (κ1) is 18.4. The molecule has 0 aliphatic rings. The standard InChI is InChI=1S/C22H25N5O/c1-3-15(14-23)18(4-2)28-19-9-7-8-16-11-12-17(24-21(16)19)22-26-25-20-10-5-6-13-27(20)22/h5-13,15,18H,3-4,14,23H2,1-2H3/t15-,18?/m0/s1. The minimum absolute atomic E-state index is 0.0694. The van der Waals surface area contributed by atoms with Gasteiger partial charge in [-0.1, -0.05) is 38.1 Å². The number of ether oxygens (including phenoxy) is 1. The second kappa shape index (κ2) is 7.94. The fourth-order valence-corrected chi connectivity index (χ4v) is 3.61. The third kappa shape index (κ3) is 3.31. The lowest BCUT2D eigenvalue weighted by molar-refractivity contribution is 0.132. The molecule has 0 bridgehead atoms. The number of nitrogens with two attached hydrogens (primary N) is 1. The zero-order valence-corrected chi connectivity index (χ0v) is 16.2. The van der Waals surface area contributed by atoms with Gasteiger partial charge in [0.05, 0.1) is 0 Å². The first-order chi connectivity index (χ1) is 13.7. The number of aromatic nitrogens is 4. The molecule has 0 saturated carbocycles. The zero-order valence-electron chi connectivity index (χ0n) is 16.2. The molecule has 3 heterocycles. The molecule has 4 aromatic rings. The van der Waals surface area contributed by atoms with E-state index < -0.39 is 0 Å². The smallest absolute Gasteiger partial charge is 0.187 e. The third-order valence-electron chi connectivity index (χ3n) is 5.26. The van der Waals surface area contributed by atoms with Crippen molar-refractivity contribution < 1.29 is 4.74 Å². The summed E-state index contributed by atoms with van der Waals surface area (Å²) in [5.74, 6) is 1.82.